The largest absolute Gasteiger partial charge is 0.383 e. The minimum atomic E-state index is 0.642. The highest BCUT2D eigenvalue weighted by Gasteiger charge is 2.19. The minimum absolute atomic E-state index is 0.642. The maximum Gasteiger partial charge on any atom is 0.127 e. The second-order valence-electron chi connectivity index (χ2n) is 3.94. The normalized spacial score (nSPS) is 22.9. The molecule has 2 heterocycles. The van der Waals surface area contributed by atoms with Crippen molar-refractivity contribution < 1.29 is 0 Å². The number of nitrogens with two attached hydrogens (primary N) is 1. The summed E-state index contributed by atoms with van der Waals surface area (Å²) >= 11 is 2.03. The van der Waals surface area contributed by atoms with Crippen LogP contribution in [0.2, 0.25) is 0 Å². The quantitative estimate of drug-likeness (QED) is 0.827. The number of thioether (sulfide) groups is 1. The molecule has 2 N–H and O–H groups in total. The summed E-state index contributed by atoms with van der Waals surface area (Å²) in [7, 11) is 0. The Morgan fingerprint density at radius 3 is 3.27 bits per heavy atom. The molecule has 1 aliphatic heterocycles. The number of aromatic nitrogens is 1. The molecule has 0 saturated carbocycles. The van der Waals surface area contributed by atoms with Crippen LogP contribution in [-0.2, 0) is 6.54 Å². The standard InChI is InChI=1S/C11H17N3S/c1-9-8-15-6-5-14(9)7-10-3-2-4-13-11(10)12/h2-4,9H,5-8H2,1H3,(H2,12,13). The maximum atomic E-state index is 5.84. The summed E-state index contributed by atoms with van der Waals surface area (Å²) in [4.78, 5) is 6.59. The molecule has 1 aliphatic rings. The highest BCUT2D eigenvalue weighted by Crippen LogP contribution is 2.19. The summed E-state index contributed by atoms with van der Waals surface area (Å²) in [5, 5.41) is 0. The van der Waals surface area contributed by atoms with Crippen LogP contribution in [0.3, 0.4) is 0 Å². The van der Waals surface area contributed by atoms with Crippen molar-refractivity contribution in [3.63, 3.8) is 0 Å². The summed E-state index contributed by atoms with van der Waals surface area (Å²) in [6.45, 7) is 4.36. The molecule has 82 valence electrons. The van der Waals surface area contributed by atoms with Gasteiger partial charge in [0.1, 0.15) is 5.82 Å². The van der Waals surface area contributed by atoms with Gasteiger partial charge in [0, 0.05) is 42.4 Å². The molecule has 0 aliphatic carbocycles. The van der Waals surface area contributed by atoms with E-state index in [2.05, 4.69) is 22.9 Å². The number of hydrogen-bond acceptors (Lipinski definition) is 4. The molecule has 0 amide bonds. The van der Waals surface area contributed by atoms with Gasteiger partial charge in [0.25, 0.3) is 0 Å². The molecule has 0 aromatic carbocycles. The molecular formula is C11H17N3S. The molecule has 0 radical (unpaired) electrons. The van der Waals surface area contributed by atoms with Gasteiger partial charge in [0.15, 0.2) is 0 Å². The van der Waals surface area contributed by atoms with Crippen molar-refractivity contribution in [3.8, 4) is 0 Å². The maximum absolute atomic E-state index is 5.84. The van der Waals surface area contributed by atoms with Gasteiger partial charge in [-0.1, -0.05) is 6.07 Å². The van der Waals surface area contributed by atoms with Crippen LogP contribution in [0, 0.1) is 0 Å². The van der Waals surface area contributed by atoms with E-state index in [0.717, 1.165) is 18.7 Å². The zero-order valence-corrected chi connectivity index (χ0v) is 9.83. The Morgan fingerprint density at radius 1 is 1.67 bits per heavy atom. The Hall–Kier alpha value is -0.740. The lowest BCUT2D eigenvalue weighted by atomic mass is 10.2. The zero-order valence-electron chi connectivity index (χ0n) is 9.02. The number of nitrogen functional groups attached to an aromatic ring is 1. The van der Waals surface area contributed by atoms with E-state index < -0.39 is 0 Å². The lowest BCUT2D eigenvalue weighted by molar-refractivity contribution is 0.224. The molecule has 1 aromatic heterocycles. The number of pyridine rings is 1. The van der Waals surface area contributed by atoms with E-state index in [1.807, 2.05) is 17.8 Å². The van der Waals surface area contributed by atoms with E-state index in [4.69, 9.17) is 5.73 Å². The van der Waals surface area contributed by atoms with E-state index >= 15 is 0 Å². The number of rotatable bonds is 2. The van der Waals surface area contributed by atoms with Crippen molar-refractivity contribution >= 4 is 17.6 Å². The van der Waals surface area contributed by atoms with Crippen LogP contribution in [-0.4, -0.2) is 34.0 Å². The fourth-order valence-corrected chi connectivity index (χ4v) is 2.88. The van der Waals surface area contributed by atoms with Crippen molar-refractivity contribution in [3.05, 3.63) is 23.9 Å². The molecule has 1 fully saturated rings. The van der Waals surface area contributed by atoms with Crippen molar-refractivity contribution in [2.24, 2.45) is 0 Å². The summed E-state index contributed by atoms with van der Waals surface area (Å²) in [6, 6.07) is 4.66. The third kappa shape index (κ3) is 2.63. The average Bonchev–Trinajstić information content (AvgIpc) is 2.24. The van der Waals surface area contributed by atoms with Crippen molar-refractivity contribution in [1.29, 1.82) is 0 Å². The second kappa shape index (κ2) is 4.86. The minimum Gasteiger partial charge on any atom is -0.383 e. The molecule has 1 unspecified atom stereocenters. The van der Waals surface area contributed by atoms with Gasteiger partial charge in [-0.3, -0.25) is 4.90 Å². The Balaban J connectivity index is 2.04. The molecule has 1 aromatic rings. The monoisotopic (exact) mass is 223 g/mol. The van der Waals surface area contributed by atoms with Gasteiger partial charge in [0.2, 0.25) is 0 Å². The fraction of sp³-hybridized carbons (Fsp3) is 0.545. The molecule has 4 heteroatoms. The summed E-state index contributed by atoms with van der Waals surface area (Å²) in [6.07, 6.45) is 1.74. The fourth-order valence-electron chi connectivity index (χ4n) is 1.80. The topological polar surface area (TPSA) is 42.2 Å². The third-order valence-electron chi connectivity index (χ3n) is 2.80. The van der Waals surface area contributed by atoms with E-state index in [1.165, 1.54) is 11.5 Å². The lowest BCUT2D eigenvalue weighted by Gasteiger charge is -2.33. The smallest absolute Gasteiger partial charge is 0.127 e. The van der Waals surface area contributed by atoms with Gasteiger partial charge in [-0.05, 0) is 13.0 Å². The van der Waals surface area contributed by atoms with Crippen molar-refractivity contribution in [2.45, 2.75) is 19.5 Å². The Labute approximate surface area is 95.1 Å². The summed E-state index contributed by atoms with van der Waals surface area (Å²) in [5.41, 5.74) is 6.99. The molecule has 0 spiro atoms. The predicted molar refractivity (Wildman–Crippen MR) is 65.8 cm³/mol. The van der Waals surface area contributed by atoms with Gasteiger partial charge in [-0.25, -0.2) is 4.98 Å². The Bertz CT molecular complexity index is 329. The number of nitrogens with zero attached hydrogens (tertiary/aromatic N) is 2. The average molecular weight is 223 g/mol. The first-order valence-electron chi connectivity index (χ1n) is 5.28. The highest BCUT2D eigenvalue weighted by molar-refractivity contribution is 7.99. The molecule has 3 nitrogen and oxygen atoms in total. The van der Waals surface area contributed by atoms with Gasteiger partial charge in [-0.2, -0.15) is 11.8 Å². The van der Waals surface area contributed by atoms with E-state index in [-0.39, 0.29) is 0 Å². The van der Waals surface area contributed by atoms with Crippen LogP contribution < -0.4 is 5.73 Å². The van der Waals surface area contributed by atoms with Gasteiger partial charge in [-0.15, -0.1) is 0 Å². The van der Waals surface area contributed by atoms with Crippen LogP contribution >= 0.6 is 11.8 Å². The van der Waals surface area contributed by atoms with Crippen LogP contribution in [0.4, 0.5) is 5.82 Å². The summed E-state index contributed by atoms with van der Waals surface area (Å²) < 4.78 is 0. The molecule has 0 bridgehead atoms. The lowest BCUT2D eigenvalue weighted by Crippen LogP contribution is -2.39. The SMILES string of the molecule is CC1CSCCN1Cc1cccnc1N. The van der Waals surface area contributed by atoms with E-state index in [0.29, 0.717) is 11.9 Å². The molecule has 2 rings (SSSR count). The predicted octanol–water partition coefficient (Wildman–Crippen LogP) is 1.60. The molecular weight excluding hydrogens is 206 g/mol. The van der Waals surface area contributed by atoms with Gasteiger partial charge >= 0.3 is 0 Å². The second-order valence-corrected chi connectivity index (χ2v) is 5.09. The van der Waals surface area contributed by atoms with Crippen molar-refractivity contribution in [2.75, 3.05) is 23.8 Å². The Morgan fingerprint density at radius 2 is 2.53 bits per heavy atom. The zero-order chi connectivity index (χ0) is 10.7. The van der Waals surface area contributed by atoms with Crippen LogP contribution in [0.15, 0.2) is 18.3 Å². The van der Waals surface area contributed by atoms with Crippen LogP contribution in [0.5, 0.6) is 0 Å². The number of hydrogen-bond donors (Lipinski definition) is 1. The van der Waals surface area contributed by atoms with Crippen molar-refractivity contribution in [1.82, 2.24) is 9.88 Å². The first-order chi connectivity index (χ1) is 7.27. The Kier molecular flexibility index (Phi) is 3.49. The van der Waals surface area contributed by atoms with Gasteiger partial charge < -0.3 is 5.73 Å². The molecule has 1 atom stereocenters. The first kappa shape index (κ1) is 10.8. The van der Waals surface area contributed by atoms with Crippen LogP contribution in [0.1, 0.15) is 12.5 Å². The first-order valence-corrected chi connectivity index (χ1v) is 6.44. The van der Waals surface area contributed by atoms with E-state index in [9.17, 15) is 0 Å². The van der Waals surface area contributed by atoms with Gasteiger partial charge in [0.05, 0.1) is 0 Å². The molecule has 15 heavy (non-hydrogen) atoms. The third-order valence-corrected chi connectivity index (χ3v) is 3.99. The van der Waals surface area contributed by atoms with Crippen LogP contribution in [0.25, 0.3) is 0 Å². The summed E-state index contributed by atoms with van der Waals surface area (Å²) in [5.74, 6) is 3.12. The van der Waals surface area contributed by atoms with E-state index in [1.54, 1.807) is 6.20 Å². The highest BCUT2D eigenvalue weighted by atomic mass is 32.2. The molecule has 1 saturated heterocycles. The number of anilines is 1.